The van der Waals surface area contributed by atoms with E-state index in [9.17, 15) is 0 Å². The van der Waals surface area contributed by atoms with E-state index in [0.29, 0.717) is 6.04 Å². The van der Waals surface area contributed by atoms with Crippen LogP contribution in [0.15, 0.2) is 6.20 Å². The summed E-state index contributed by atoms with van der Waals surface area (Å²) in [6.07, 6.45) is 1.84. The first-order chi connectivity index (χ1) is 8.72. The normalized spacial score (nSPS) is 20.3. The fraction of sp³-hybridized carbons (Fsp3) is 0.545. The van der Waals surface area contributed by atoms with Crippen LogP contribution in [0.3, 0.4) is 0 Å². The number of aromatic amines is 1. The number of thiazole rings is 1. The molecule has 18 heavy (non-hydrogen) atoms. The third kappa shape index (κ3) is 2.23. The summed E-state index contributed by atoms with van der Waals surface area (Å²) in [5, 5.41) is 11.7. The number of hydrogen-bond acceptors (Lipinski definition) is 6. The third-order valence-electron chi connectivity index (χ3n) is 2.98. The van der Waals surface area contributed by atoms with Gasteiger partial charge in [-0.05, 0) is 13.8 Å². The lowest BCUT2D eigenvalue weighted by Gasteiger charge is -2.30. The maximum absolute atomic E-state index is 4.55. The molecule has 6 nitrogen and oxygen atoms in total. The molecule has 0 radical (unpaired) electrons. The Labute approximate surface area is 109 Å². The molecule has 2 aromatic heterocycles. The predicted molar refractivity (Wildman–Crippen MR) is 71.9 cm³/mol. The molecule has 2 aromatic rings. The minimum atomic E-state index is 0.478. The number of H-pyrrole nitrogens is 1. The summed E-state index contributed by atoms with van der Waals surface area (Å²) in [6.45, 7) is 7.03. The first-order valence-electron chi connectivity index (χ1n) is 6.06. The van der Waals surface area contributed by atoms with Crippen LogP contribution in [0.5, 0.6) is 0 Å². The van der Waals surface area contributed by atoms with Crippen LogP contribution in [0.2, 0.25) is 0 Å². The zero-order chi connectivity index (χ0) is 12.5. The Kier molecular flexibility index (Phi) is 3.00. The molecule has 0 unspecified atom stereocenters. The van der Waals surface area contributed by atoms with Gasteiger partial charge in [0.2, 0.25) is 5.95 Å². The van der Waals surface area contributed by atoms with Crippen molar-refractivity contribution in [3.8, 4) is 10.7 Å². The number of anilines is 1. The van der Waals surface area contributed by atoms with Crippen molar-refractivity contribution < 1.29 is 0 Å². The molecule has 0 bridgehead atoms. The maximum atomic E-state index is 4.55. The van der Waals surface area contributed by atoms with E-state index in [-0.39, 0.29) is 0 Å². The first-order valence-corrected chi connectivity index (χ1v) is 6.87. The molecule has 3 heterocycles. The molecule has 1 aliphatic rings. The summed E-state index contributed by atoms with van der Waals surface area (Å²) < 4.78 is 0. The minimum Gasteiger partial charge on any atom is -0.337 e. The quantitative estimate of drug-likeness (QED) is 0.848. The molecule has 7 heteroatoms. The van der Waals surface area contributed by atoms with E-state index in [2.05, 4.69) is 37.3 Å². The molecule has 1 fully saturated rings. The van der Waals surface area contributed by atoms with Crippen molar-refractivity contribution in [2.24, 2.45) is 0 Å². The summed E-state index contributed by atoms with van der Waals surface area (Å²) in [5.74, 6) is 1.59. The summed E-state index contributed by atoms with van der Waals surface area (Å²) in [5.41, 5.74) is 0. The van der Waals surface area contributed by atoms with Gasteiger partial charge in [0.05, 0.1) is 9.88 Å². The minimum absolute atomic E-state index is 0.478. The molecular weight excluding hydrogens is 248 g/mol. The van der Waals surface area contributed by atoms with Crippen molar-refractivity contribution in [2.75, 3.05) is 24.5 Å². The number of rotatable bonds is 2. The van der Waals surface area contributed by atoms with Crippen molar-refractivity contribution in [2.45, 2.75) is 19.9 Å². The Morgan fingerprint density at radius 2 is 2.39 bits per heavy atom. The van der Waals surface area contributed by atoms with E-state index in [0.717, 1.165) is 41.3 Å². The summed E-state index contributed by atoms with van der Waals surface area (Å²) in [4.78, 5) is 12.0. The van der Waals surface area contributed by atoms with E-state index in [1.807, 2.05) is 13.1 Å². The molecule has 0 aliphatic carbocycles. The number of hydrogen-bond donors (Lipinski definition) is 2. The fourth-order valence-electron chi connectivity index (χ4n) is 2.09. The Bertz CT molecular complexity index is 533. The van der Waals surface area contributed by atoms with Crippen LogP contribution in [0, 0.1) is 6.92 Å². The molecule has 1 saturated heterocycles. The maximum Gasteiger partial charge on any atom is 0.245 e. The SMILES string of the molecule is Cc1ncc(-c2nc(N3CCN[C@@H](C)C3)n[nH]2)s1. The van der Waals surface area contributed by atoms with Crippen molar-refractivity contribution in [3.63, 3.8) is 0 Å². The van der Waals surface area contributed by atoms with Crippen molar-refractivity contribution >= 4 is 17.3 Å². The Morgan fingerprint density at radius 1 is 1.50 bits per heavy atom. The Hall–Kier alpha value is -1.47. The van der Waals surface area contributed by atoms with E-state index >= 15 is 0 Å². The van der Waals surface area contributed by atoms with Gasteiger partial charge in [-0.2, -0.15) is 4.98 Å². The van der Waals surface area contributed by atoms with E-state index in [4.69, 9.17) is 0 Å². The zero-order valence-electron chi connectivity index (χ0n) is 10.5. The van der Waals surface area contributed by atoms with Crippen molar-refractivity contribution in [1.29, 1.82) is 0 Å². The lowest BCUT2D eigenvalue weighted by atomic mass is 10.2. The third-order valence-corrected chi connectivity index (χ3v) is 3.90. The average molecular weight is 264 g/mol. The van der Waals surface area contributed by atoms with Gasteiger partial charge < -0.3 is 10.2 Å². The van der Waals surface area contributed by atoms with Crippen molar-refractivity contribution in [1.82, 2.24) is 25.5 Å². The van der Waals surface area contributed by atoms with Gasteiger partial charge in [0.15, 0.2) is 5.82 Å². The van der Waals surface area contributed by atoms with E-state index in [1.165, 1.54) is 0 Å². The van der Waals surface area contributed by atoms with Gasteiger partial charge in [0.1, 0.15) is 0 Å². The molecule has 1 atom stereocenters. The van der Waals surface area contributed by atoms with E-state index in [1.54, 1.807) is 11.3 Å². The second kappa shape index (κ2) is 4.66. The van der Waals surface area contributed by atoms with Crippen LogP contribution < -0.4 is 10.2 Å². The monoisotopic (exact) mass is 264 g/mol. The van der Waals surface area contributed by atoms with Crippen LogP contribution in [0.1, 0.15) is 11.9 Å². The van der Waals surface area contributed by atoms with Crippen LogP contribution in [-0.4, -0.2) is 45.8 Å². The smallest absolute Gasteiger partial charge is 0.245 e. The van der Waals surface area contributed by atoms with Gasteiger partial charge in [0.25, 0.3) is 0 Å². The number of aryl methyl sites for hydroxylation is 1. The second-order valence-electron chi connectivity index (χ2n) is 4.53. The standard InChI is InChI=1S/C11H16N6S/c1-7-6-17(4-3-12-7)11-14-10(15-16-11)9-5-13-8(2)18-9/h5,7,12H,3-4,6H2,1-2H3,(H,14,15,16)/t7-/m0/s1. The molecule has 3 rings (SSSR count). The van der Waals surface area contributed by atoms with Gasteiger partial charge in [-0.25, -0.2) is 4.98 Å². The summed E-state index contributed by atoms with van der Waals surface area (Å²) in [6, 6.07) is 0.478. The number of piperazine rings is 1. The molecule has 0 aromatic carbocycles. The highest BCUT2D eigenvalue weighted by Gasteiger charge is 2.19. The molecule has 96 valence electrons. The number of nitrogens with zero attached hydrogens (tertiary/aromatic N) is 4. The molecule has 2 N–H and O–H groups in total. The molecule has 0 spiro atoms. The fourth-order valence-corrected chi connectivity index (χ4v) is 2.81. The Morgan fingerprint density at radius 3 is 3.11 bits per heavy atom. The summed E-state index contributed by atoms with van der Waals surface area (Å²) >= 11 is 1.63. The van der Waals surface area contributed by atoms with Gasteiger partial charge >= 0.3 is 0 Å². The lowest BCUT2D eigenvalue weighted by molar-refractivity contribution is 0.480. The highest BCUT2D eigenvalue weighted by Crippen LogP contribution is 2.23. The van der Waals surface area contributed by atoms with Crippen molar-refractivity contribution in [3.05, 3.63) is 11.2 Å². The molecule has 0 amide bonds. The van der Waals surface area contributed by atoms with Crippen LogP contribution >= 0.6 is 11.3 Å². The average Bonchev–Trinajstić information content (AvgIpc) is 2.97. The van der Waals surface area contributed by atoms with Gasteiger partial charge in [-0.15, -0.1) is 16.4 Å². The number of nitrogens with one attached hydrogen (secondary N) is 2. The zero-order valence-corrected chi connectivity index (χ0v) is 11.3. The number of aromatic nitrogens is 4. The predicted octanol–water partition coefficient (Wildman–Crippen LogP) is 1.03. The van der Waals surface area contributed by atoms with Crippen LogP contribution in [-0.2, 0) is 0 Å². The highest BCUT2D eigenvalue weighted by molar-refractivity contribution is 7.14. The lowest BCUT2D eigenvalue weighted by Crippen LogP contribution is -2.49. The first kappa shape index (κ1) is 11.6. The molecule has 1 aliphatic heterocycles. The van der Waals surface area contributed by atoms with Crippen LogP contribution in [0.25, 0.3) is 10.7 Å². The summed E-state index contributed by atoms with van der Waals surface area (Å²) in [7, 11) is 0. The molecular formula is C11H16N6S. The second-order valence-corrected chi connectivity index (χ2v) is 5.76. The topological polar surface area (TPSA) is 69.7 Å². The van der Waals surface area contributed by atoms with Gasteiger partial charge in [-0.3, -0.25) is 5.10 Å². The Balaban J connectivity index is 1.80. The van der Waals surface area contributed by atoms with Gasteiger partial charge in [-0.1, -0.05) is 0 Å². The van der Waals surface area contributed by atoms with Gasteiger partial charge in [0, 0.05) is 31.9 Å². The highest BCUT2D eigenvalue weighted by atomic mass is 32.1. The van der Waals surface area contributed by atoms with Crippen LogP contribution in [0.4, 0.5) is 5.95 Å². The largest absolute Gasteiger partial charge is 0.337 e. The van der Waals surface area contributed by atoms with E-state index < -0.39 is 0 Å². The molecule has 0 saturated carbocycles.